The molecule has 3 heterocycles. The number of hydrogen-bond acceptors (Lipinski definition) is 5. The van der Waals surface area contributed by atoms with Crippen molar-refractivity contribution in [3.63, 3.8) is 0 Å². The average Bonchev–Trinajstić information content (AvgIpc) is 3.26. The van der Waals surface area contributed by atoms with Gasteiger partial charge in [-0.3, -0.25) is 0 Å². The van der Waals surface area contributed by atoms with Crippen molar-refractivity contribution >= 4 is 23.4 Å². The number of anilines is 1. The molecule has 170 valence electrons. The van der Waals surface area contributed by atoms with Gasteiger partial charge in [0, 0.05) is 11.1 Å². The zero-order chi connectivity index (χ0) is 23.4. The van der Waals surface area contributed by atoms with E-state index in [1.807, 2.05) is 29.1 Å². The normalized spacial score (nSPS) is 18.5. The SMILES string of the molecule is CSc1nc2n(n1)[C@H](c1ccc(C)cc1)C1=C(N2)c2cc(C)ccc2O[C@H]1c1cccc(F)c1. The number of ether oxygens (including phenoxy) is 1. The summed E-state index contributed by atoms with van der Waals surface area (Å²) >= 11 is 1.50. The molecule has 0 saturated carbocycles. The van der Waals surface area contributed by atoms with E-state index in [1.165, 1.54) is 23.4 Å². The van der Waals surface area contributed by atoms with Crippen molar-refractivity contribution in [3.05, 3.63) is 106 Å². The summed E-state index contributed by atoms with van der Waals surface area (Å²) in [7, 11) is 0. The van der Waals surface area contributed by atoms with Crippen molar-refractivity contribution in [3.8, 4) is 5.75 Å². The quantitative estimate of drug-likeness (QED) is 0.355. The Labute approximate surface area is 201 Å². The molecule has 2 aliphatic heterocycles. The highest BCUT2D eigenvalue weighted by atomic mass is 32.2. The van der Waals surface area contributed by atoms with E-state index >= 15 is 0 Å². The van der Waals surface area contributed by atoms with Crippen LogP contribution in [0.3, 0.4) is 0 Å². The third-order valence-corrected chi connectivity index (χ3v) is 6.87. The Bertz CT molecular complexity index is 1440. The second-order valence-corrected chi connectivity index (χ2v) is 9.46. The van der Waals surface area contributed by atoms with E-state index < -0.39 is 6.10 Å². The Balaban J connectivity index is 1.65. The molecule has 5 nitrogen and oxygen atoms in total. The third-order valence-electron chi connectivity index (χ3n) is 6.34. The standard InChI is InChI=1S/C27H23FN4OS/c1-15-7-10-17(11-8-15)24-22-23(29-26-30-27(34-3)31-32(24)26)20-13-16(2)9-12-21(20)33-25(22)18-5-4-6-19(28)14-18/h4-14,24-25H,1-3H3,(H,29,30,31)/t24-,25+/m1/s1. The first-order valence-electron chi connectivity index (χ1n) is 11.1. The van der Waals surface area contributed by atoms with Crippen molar-refractivity contribution in [1.29, 1.82) is 0 Å². The van der Waals surface area contributed by atoms with Gasteiger partial charge in [-0.1, -0.05) is 65.4 Å². The monoisotopic (exact) mass is 470 g/mol. The first-order valence-corrected chi connectivity index (χ1v) is 12.4. The van der Waals surface area contributed by atoms with Crippen LogP contribution in [-0.4, -0.2) is 21.0 Å². The van der Waals surface area contributed by atoms with Gasteiger partial charge in [0.2, 0.25) is 11.1 Å². The minimum Gasteiger partial charge on any atom is -0.480 e. The lowest BCUT2D eigenvalue weighted by molar-refractivity contribution is 0.222. The lowest BCUT2D eigenvalue weighted by Gasteiger charge is -2.39. The zero-order valence-corrected chi connectivity index (χ0v) is 19.9. The molecular weight excluding hydrogens is 447 g/mol. The summed E-state index contributed by atoms with van der Waals surface area (Å²) < 4.78 is 22.8. The maximum atomic E-state index is 14.3. The molecule has 0 unspecified atom stereocenters. The number of nitrogens with zero attached hydrogens (tertiary/aromatic N) is 3. The van der Waals surface area contributed by atoms with Crippen molar-refractivity contribution in [1.82, 2.24) is 14.8 Å². The highest BCUT2D eigenvalue weighted by molar-refractivity contribution is 7.98. The highest BCUT2D eigenvalue weighted by Crippen LogP contribution is 2.51. The second kappa shape index (κ2) is 8.02. The van der Waals surface area contributed by atoms with Crippen molar-refractivity contribution in [2.75, 3.05) is 11.6 Å². The van der Waals surface area contributed by atoms with E-state index in [4.69, 9.17) is 14.8 Å². The van der Waals surface area contributed by atoms with Crippen LogP contribution in [0.4, 0.5) is 10.3 Å². The summed E-state index contributed by atoms with van der Waals surface area (Å²) in [6.07, 6.45) is 1.47. The third kappa shape index (κ3) is 3.39. The molecule has 6 rings (SSSR count). The smallest absolute Gasteiger partial charge is 0.227 e. The van der Waals surface area contributed by atoms with Gasteiger partial charge in [-0.05, 0) is 55.5 Å². The predicted molar refractivity (Wildman–Crippen MR) is 133 cm³/mol. The van der Waals surface area contributed by atoms with Gasteiger partial charge in [-0.25, -0.2) is 9.07 Å². The number of benzene rings is 3. The van der Waals surface area contributed by atoms with Crippen molar-refractivity contribution in [2.24, 2.45) is 0 Å². The number of halogens is 1. The summed E-state index contributed by atoms with van der Waals surface area (Å²) in [5, 5.41) is 9.03. The summed E-state index contributed by atoms with van der Waals surface area (Å²) in [5.41, 5.74) is 7.03. The lowest BCUT2D eigenvalue weighted by Crippen LogP contribution is -2.32. The summed E-state index contributed by atoms with van der Waals surface area (Å²) in [6, 6.07) is 20.9. The van der Waals surface area contributed by atoms with Crippen LogP contribution in [-0.2, 0) is 0 Å². The van der Waals surface area contributed by atoms with Crippen LogP contribution in [0.2, 0.25) is 0 Å². The molecule has 7 heteroatoms. The predicted octanol–water partition coefficient (Wildman–Crippen LogP) is 6.32. The van der Waals surface area contributed by atoms with Crippen LogP contribution >= 0.6 is 11.8 Å². The Morgan fingerprint density at radius 2 is 1.76 bits per heavy atom. The molecule has 4 aromatic rings. The van der Waals surface area contributed by atoms with Crippen molar-refractivity contribution < 1.29 is 9.13 Å². The number of fused-ring (bicyclic) bond motifs is 3. The minimum absolute atomic E-state index is 0.262. The molecular formula is C27H23FN4OS. The lowest BCUT2D eigenvalue weighted by atomic mass is 9.84. The molecule has 0 aliphatic carbocycles. The molecule has 0 spiro atoms. The fourth-order valence-electron chi connectivity index (χ4n) is 4.72. The maximum absolute atomic E-state index is 14.3. The number of nitrogens with one attached hydrogen (secondary N) is 1. The first kappa shape index (κ1) is 21.0. The van der Waals surface area contributed by atoms with Gasteiger partial charge in [0.1, 0.15) is 23.7 Å². The number of aromatic nitrogens is 3. The fourth-order valence-corrected chi connectivity index (χ4v) is 5.07. The molecule has 0 fully saturated rings. The molecule has 2 aliphatic rings. The fraction of sp³-hybridized carbons (Fsp3) is 0.185. The van der Waals surface area contributed by atoms with E-state index in [-0.39, 0.29) is 11.9 Å². The Hall–Kier alpha value is -3.58. The largest absolute Gasteiger partial charge is 0.480 e. The molecule has 0 bridgehead atoms. The van der Waals surface area contributed by atoms with Gasteiger partial charge in [-0.2, -0.15) is 4.98 Å². The number of aryl methyl sites for hydroxylation is 2. The summed E-state index contributed by atoms with van der Waals surface area (Å²) in [6.45, 7) is 4.13. The number of thioether (sulfide) groups is 1. The van der Waals surface area contributed by atoms with Gasteiger partial charge in [0.25, 0.3) is 0 Å². The molecule has 3 aromatic carbocycles. The molecule has 34 heavy (non-hydrogen) atoms. The Kier molecular flexibility index (Phi) is 4.95. The molecule has 1 N–H and O–H groups in total. The molecule has 0 saturated heterocycles. The van der Waals surface area contributed by atoms with Crippen LogP contribution < -0.4 is 10.1 Å². The molecule has 0 radical (unpaired) electrons. The summed E-state index contributed by atoms with van der Waals surface area (Å²) in [4.78, 5) is 4.73. The Morgan fingerprint density at radius 1 is 0.971 bits per heavy atom. The average molecular weight is 471 g/mol. The van der Waals surface area contributed by atoms with E-state index in [0.717, 1.165) is 39.3 Å². The van der Waals surface area contributed by atoms with Gasteiger partial charge in [-0.15, -0.1) is 5.10 Å². The van der Waals surface area contributed by atoms with Crippen LogP contribution in [0.15, 0.2) is 77.5 Å². The molecule has 1 aromatic heterocycles. The van der Waals surface area contributed by atoms with Crippen LogP contribution in [0.1, 0.15) is 40.0 Å². The topological polar surface area (TPSA) is 52.0 Å². The maximum Gasteiger partial charge on any atom is 0.227 e. The number of rotatable bonds is 3. The van der Waals surface area contributed by atoms with E-state index in [2.05, 4.69) is 49.5 Å². The molecule has 0 amide bonds. The summed E-state index contributed by atoms with van der Waals surface area (Å²) in [5.74, 6) is 1.15. The van der Waals surface area contributed by atoms with Gasteiger partial charge in [0.05, 0.1) is 5.70 Å². The van der Waals surface area contributed by atoms with E-state index in [1.54, 1.807) is 12.1 Å². The number of hydrogen-bond donors (Lipinski definition) is 1. The highest BCUT2D eigenvalue weighted by Gasteiger charge is 2.41. The Morgan fingerprint density at radius 3 is 2.53 bits per heavy atom. The van der Waals surface area contributed by atoms with Gasteiger partial charge >= 0.3 is 0 Å². The van der Waals surface area contributed by atoms with Gasteiger partial charge in [0.15, 0.2) is 0 Å². The first-order chi connectivity index (χ1) is 16.5. The second-order valence-electron chi connectivity index (χ2n) is 8.69. The van der Waals surface area contributed by atoms with E-state index in [0.29, 0.717) is 11.1 Å². The van der Waals surface area contributed by atoms with Crippen LogP contribution in [0, 0.1) is 19.7 Å². The van der Waals surface area contributed by atoms with Crippen LogP contribution in [0.5, 0.6) is 5.75 Å². The van der Waals surface area contributed by atoms with E-state index in [9.17, 15) is 4.39 Å². The van der Waals surface area contributed by atoms with Crippen LogP contribution in [0.25, 0.3) is 5.70 Å². The minimum atomic E-state index is -0.491. The van der Waals surface area contributed by atoms with Crippen molar-refractivity contribution in [2.45, 2.75) is 31.1 Å². The van der Waals surface area contributed by atoms with Gasteiger partial charge < -0.3 is 10.1 Å². The zero-order valence-electron chi connectivity index (χ0n) is 19.0. The molecule has 2 atom stereocenters.